The van der Waals surface area contributed by atoms with Gasteiger partial charge in [-0.1, -0.05) is 23.7 Å². The van der Waals surface area contributed by atoms with Crippen molar-refractivity contribution in [2.24, 2.45) is 0 Å². The molecule has 0 saturated heterocycles. The van der Waals surface area contributed by atoms with E-state index in [0.717, 1.165) is 6.26 Å². The number of pyridine rings is 1. The van der Waals surface area contributed by atoms with E-state index in [1.807, 2.05) is 0 Å². The lowest BCUT2D eigenvalue weighted by atomic mass is 9.94. The van der Waals surface area contributed by atoms with E-state index in [-0.39, 0.29) is 15.9 Å². The summed E-state index contributed by atoms with van der Waals surface area (Å²) in [6.07, 6.45) is 2.55. The Bertz CT molecular complexity index is 1160. The summed E-state index contributed by atoms with van der Waals surface area (Å²) in [5.41, 5.74) is -0.0952. The third kappa shape index (κ3) is 3.68. The lowest BCUT2D eigenvalue weighted by Crippen LogP contribution is -2.41. The number of amides is 1. The van der Waals surface area contributed by atoms with Gasteiger partial charge in [-0.15, -0.1) is 0 Å². The number of sulfone groups is 1. The summed E-state index contributed by atoms with van der Waals surface area (Å²) in [6, 6.07) is 8.84. The number of carbonyl (C=O) groups excluding carboxylic acids is 1. The van der Waals surface area contributed by atoms with Gasteiger partial charge in [0.05, 0.1) is 11.1 Å². The second-order valence-corrected chi connectivity index (χ2v) is 8.99. The summed E-state index contributed by atoms with van der Waals surface area (Å²) in [7, 11) is -3.64. The maximum absolute atomic E-state index is 13.3. The summed E-state index contributed by atoms with van der Waals surface area (Å²) in [5, 5.41) is 2.74. The quantitative estimate of drug-likeness (QED) is 0.717. The van der Waals surface area contributed by atoms with Crippen LogP contribution in [-0.2, 0) is 15.4 Å². The lowest BCUT2D eigenvalue weighted by Gasteiger charge is -2.27. The Hall–Kier alpha value is -2.45. The minimum absolute atomic E-state index is 0.0256. The zero-order valence-corrected chi connectivity index (χ0v) is 16.4. The molecule has 0 radical (unpaired) electrons. The van der Waals surface area contributed by atoms with Crippen molar-refractivity contribution in [2.75, 3.05) is 6.26 Å². The first-order valence-electron chi connectivity index (χ1n) is 7.96. The lowest BCUT2D eigenvalue weighted by molar-refractivity contribution is 0.0909. The smallest absolute Gasteiger partial charge is 0.272 e. The molecule has 2 aromatic heterocycles. The third-order valence-electron chi connectivity index (χ3n) is 4.09. The highest BCUT2D eigenvalue weighted by Crippen LogP contribution is 2.29. The molecule has 3 aromatic rings. The Kier molecular flexibility index (Phi) is 4.73. The number of hydrogen-bond acceptors (Lipinski definition) is 4. The Morgan fingerprint density at radius 3 is 2.59 bits per heavy atom. The molecule has 0 saturated carbocycles. The molecule has 0 atom stereocenters. The molecule has 27 heavy (non-hydrogen) atoms. The number of halogens is 2. The van der Waals surface area contributed by atoms with Crippen LogP contribution in [0.5, 0.6) is 0 Å². The van der Waals surface area contributed by atoms with E-state index < -0.39 is 27.1 Å². The fourth-order valence-electron chi connectivity index (χ4n) is 2.85. The van der Waals surface area contributed by atoms with Crippen molar-refractivity contribution >= 4 is 32.9 Å². The van der Waals surface area contributed by atoms with Gasteiger partial charge < -0.3 is 5.32 Å². The highest BCUT2D eigenvalue weighted by atomic mass is 35.5. The van der Waals surface area contributed by atoms with Crippen LogP contribution in [0.25, 0.3) is 5.52 Å². The van der Waals surface area contributed by atoms with Crippen molar-refractivity contribution in [3.8, 4) is 0 Å². The molecule has 142 valence electrons. The van der Waals surface area contributed by atoms with Crippen molar-refractivity contribution in [1.82, 2.24) is 14.7 Å². The van der Waals surface area contributed by atoms with Gasteiger partial charge in [0.25, 0.3) is 5.91 Å². The molecule has 0 fully saturated rings. The van der Waals surface area contributed by atoms with Crippen LogP contribution >= 0.6 is 11.6 Å². The average Bonchev–Trinajstić information content (AvgIpc) is 2.94. The topological polar surface area (TPSA) is 80.5 Å². The van der Waals surface area contributed by atoms with E-state index >= 15 is 0 Å². The van der Waals surface area contributed by atoms with Crippen molar-refractivity contribution < 1.29 is 17.6 Å². The molecule has 0 bridgehead atoms. The largest absolute Gasteiger partial charge is 0.342 e. The maximum Gasteiger partial charge on any atom is 0.272 e. The van der Waals surface area contributed by atoms with Gasteiger partial charge in [-0.05, 0) is 43.7 Å². The highest BCUT2D eigenvalue weighted by Gasteiger charge is 2.29. The third-order valence-corrected chi connectivity index (χ3v) is 5.36. The zero-order valence-electron chi connectivity index (χ0n) is 14.8. The average molecular weight is 410 g/mol. The van der Waals surface area contributed by atoms with E-state index in [1.54, 1.807) is 32.0 Å². The predicted octanol–water partition coefficient (Wildman–Crippen LogP) is 3.20. The number of fused-ring (bicyclic) bond motifs is 1. The van der Waals surface area contributed by atoms with E-state index in [0.29, 0.717) is 11.1 Å². The van der Waals surface area contributed by atoms with Crippen LogP contribution in [0.4, 0.5) is 4.39 Å². The number of benzene rings is 1. The molecule has 3 rings (SSSR count). The van der Waals surface area contributed by atoms with E-state index in [9.17, 15) is 17.6 Å². The number of nitrogens with one attached hydrogen (secondary N) is 1. The van der Waals surface area contributed by atoms with Crippen LogP contribution in [0.15, 0.2) is 47.8 Å². The fraction of sp³-hybridized carbons (Fsp3) is 0.222. The van der Waals surface area contributed by atoms with Gasteiger partial charge in [-0.25, -0.2) is 17.8 Å². The molecule has 0 unspecified atom stereocenters. The fourth-order valence-corrected chi connectivity index (χ4v) is 4.02. The first kappa shape index (κ1) is 19.3. The van der Waals surface area contributed by atoms with Gasteiger partial charge in [0.15, 0.2) is 5.69 Å². The normalized spacial score (nSPS) is 12.3. The number of imidazole rings is 1. The van der Waals surface area contributed by atoms with E-state index in [4.69, 9.17) is 11.6 Å². The second kappa shape index (κ2) is 6.61. The molecule has 1 N–H and O–H groups in total. The first-order valence-corrected chi connectivity index (χ1v) is 10.2. The molecule has 0 aliphatic carbocycles. The van der Waals surface area contributed by atoms with E-state index in [2.05, 4.69) is 10.3 Å². The summed E-state index contributed by atoms with van der Waals surface area (Å²) in [5.74, 6) is -1.05. The van der Waals surface area contributed by atoms with Crippen molar-refractivity contribution in [2.45, 2.75) is 24.5 Å². The SMILES string of the molecule is CC(C)(NC(=O)c1nc(S(C)(=O)=O)n2ccccc12)c1ccc(F)cc1Cl. The zero-order chi connectivity index (χ0) is 20.0. The van der Waals surface area contributed by atoms with Crippen molar-refractivity contribution in [1.29, 1.82) is 0 Å². The summed E-state index contributed by atoms with van der Waals surface area (Å²) in [6.45, 7) is 3.42. The predicted molar refractivity (Wildman–Crippen MR) is 100 cm³/mol. The minimum Gasteiger partial charge on any atom is -0.342 e. The molecule has 1 aromatic carbocycles. The van der Waals surface area contributed by atoms with Crippen LogP contribution in [0, 0.1) is 5.82 Å². The van der Waals surface area contributed by atoms with Crippen molar-refractivity contribution in [3.05, 3.63) is 64.7 Å². The molecule has 0 aliphatic heterocycles. The molecular weight excluding hydrogens is 393 g/mol. The van der Waals surface area contributed by atoms with Gasteiger partial charge in [0.1, 0.15) is 5.82 Å². The number of aromatic nitrogens is 2. The van der Waals surface area contributed by atoms with Gasteiger partial charge in [-0.3, -0.25) is 9.20 Å². The van der Waals surface area contributed by atoms with Gasteiger partial charge in [0, 0.05) is 17.5 Å². The van der Waals surface area contributed by atoms with Gasteiger partial charge >= 0.3 is 0 Å². The molecule has 2 heterocycles. The van der Waals surface area contributed by atoms with Crippen LogP contribution < -0.4 is 5.32 Å². The van der Waals surface area contributed by atoms with Crippen LogP contribution in [-0.4, -0.2) is 30.0 Å². The van der Waals surface area contributed by atoms with E-state index in [1.165, 1.54) is 28.8 Å². The Morgan fingerprint density at radius 1 is 1.26 bits per heavy atom. The number of carbonyl (C=O) groups is 1. The van der Waals surface area contributed by atoms with Crippen molar-refractivity contribution in [3.63, 3.8) is 0 Å². The summed E-state index contributed by atoms with van der Waals surface area (Å²) in [4.78, 5) is 16.9. The number of hydrogen-bond donors (Lipinski definition) is 1. The molecular formula is C18H17ClFN3O3S. The van der Waals surface area contributed by atoms with Gasteiger partial charge in [0.2, 0.25) is 15.0 Å². The standard InChI is InChI=1S/C18H17ClFN3O3S/c1-18(2,12-8-7-11(20)10-13(12)19)22-16(24)15-14-6-4-5-9-23(14)17(21-15)27(3,25)26/h4-10H,1-3H3,(H,22,24). The minimum atomic E-state index is -3.64. The first-order chi connectivity index (χ1) is 12.5. The van der Waals surface area contributed by atoms with Crippen LogP contribution in [0.1, 0.15) is 29.9 Å². The Morgan fingerprint density at radius 2 is 1.96 bits per heavy atom. The monoisotopic (exact) mass is 409 g/mol. The molecule has 1 amide bonds. The number of rotatable bonds is 4. The summed E-state index contributed by atoms with van der Waals surface area (Å²) >= 11 is 6.11. The second-order valence-electron chi connectivity index (χ2n) is 6.67. The molecule has 6 nitrogen and oxygen atoms in total. The molecule has 0 aliphatic rings. The highest BCUT2D eigenvalue weighted by molar-refractivity contribution is 7.90. The Labute approximate surface area is 160 Å². The molecule has 9 heteroatoms. The Balaban J connectivity index is 2.04. The van der Waals surface area contributed by atoms with Gasteiger partial charge in [-0.2, -0.15) is 0 Å². The summed E-state index contributed by atoms with van der Waals surface area (Å²) < 4.78 is 38.7. The van der Waals surface area contributed by atoms with Crippen LogP contribution in [0.3, 0.4) is 0 Å². The molecule has 0 spiro atoms. The maximum atomic E-state index is 13.3. The van der Waals surface area contributed by atoms with Crippen LogP contribution in [0.2, 0.25) is 5.02 Å². The number of nitrogens with zero attached hydrogens (tertiary/aromatic N) is 2.